The van der Waals surface area contributed by atoms with E-state index in [0.717, 1.165) is 0 Å². The smallest absolute Gasteiger partial charge is 0.338 e. The van der Waals surface area contributed by atoms with Crippen LogP contribution in [0.4, 0.5) is 15.8 Å². The van der Waals surface area contributed by atoms with E-state index in [1.54, 1.807) is 19.1 Å². The van der Waals surface area contributed by atoms with Crippen LogP contribution in [0.1, 0.15) is 32.9 Å². The van der Waals surface area contributed by atoms with E-state index < -0.39 is 30.2 Å². The fraction of sp³-hybridized carbons (Fsp3) is 0.167. The molecule has 3 rings (SSSR count). The van der Waals surface area contributed by atoms with Crippen LogP contribution in [0.2, 0.25) is 0 Å². The topological polar surface area (TPSA) is 113 Å². The van der Waals surface area contributed by atoms with E-state index >= 15 is 0 Å². The second-order valence-electron chi connectivity index (χ2n) is 6.97. The number of amides is 2. The highest BCUT2D eigenvalue weighted by molar-refractivity contribution is 6.03. The molecule has 0 saturated heterocycles. The van der Waals surface area contributed by atoms with E-state index in [4.69, 9.17) is 14.4 Å². The van der Waals surface area contributed by atoms with Crippen LogP contribution in [0, 0.1) is 24.1 Å². The van der Waals surface area contributed by atoms with Gasteiger partial charge < -0.3 is 19.4 Å². The van der Waals surface area contributed by atoms with Crippen molar-refractivity contribution in [3.63, 3.8) is 0 Å². The second-order valence-corrected chi connectivity index (χ2v) is 6.97. The van der Waals surface area contributed by atoms with Crippen molar-refractivity contribution >= 4 is 29.2 Å². The van der Waals surface area contributed by atoms with Crippen molar-refractivity contribution in [2.24, 2.45) is 0 Å². The summed E-state index contributed by atoms with van der Waals surface area (Å²) in [5, 5.41) is 11.5. The fourth-order valence-electron chi connectivity index (χ4n) is 2.94. The molecule has 0 atom stereocenters. The number of rotatable bonds is 8. The Kier molecular flexibility index (Phi) is 7.55. The number of ether oxygens (including phenoxy) is 1. The molecule has 168 valence electrons. The monoisotopic (exact) mass is 449 g/mol. The maximum Gasteiger partial charge on any atom is 0.338 e. The summed E-state index contributed by atoms with van der Waals surface area (Å²) in [6, 6.07) is 14.8. The number of hydrogen-bond acceptors (Lipinski definition) is 6. The minimum Gasteiger partial charge on any atom is -0.459 e. The van der Waals surface area contributed by atoms with Crippen LogP contribution in [0.3, 0.4) is 0 Å². The molecule has 0 radical (unpaired) electrons. The predicted octanol–water partition coefficient (Wildman–Crippen LogP) is 4.08. The Labute approximate surface area is 189 Å². The third-order valence-corrected chi connectivity index (χ3v) is 4.68. The molecule has 0 fully saturated rings. The first kappa shape index (κ1) is 23.2. The number of aryl methyl sites for hydroxylation is 1. The van der Waals surface area contributed by atoms with Crippen LogP contribution >= 0.6 is 0 Å². The molecule has 0 aliphatic rings. The average Bonchev–Trinajstić information content (AvgIpc) is 3.35. The molecule has 2 amide bonds. The zero-order chi connectivity index (χ0) is 23.8. The number of hydrogen-bond donors (Lipinski definition) is 1. The quantitative estimate of drug-likeness (QED) is 0.519. The average molecular weight is 449 g/mol. The van der Waals surface area contributed by atoms with Crippen LogP contribution in [0.15, 0.2) is 65.3 Å². The molecule has 33 heavy (non-hydrogen) atoms. The van der Waals surface area contributed by atoms with Crippen molar-refractivity contribution < 1.29 is 27.9 Å². The van der Waals surface area contributed by atoms with Gasteiger partial charge in [0.1, 0.15) is 5.82 Å². The van der Waals surface area contributed by atoms with Gasteiger partial charge >= 0.3 is 5.97 Å². The molecule has 1 N–H and O–H groups in total. The molecule has 0 aliphatic carbocycles. The van der Waals surface area contributed by atoms with E-state index in [9.17, 15) is 18.8 Å². The Morgan fingerprint density at radius 1 is 1.15 bits per heavy atom. The number of esters is 1. The van der Waals surface area contributed by atoms with Crippen LogP contribution in [-0.2, 0) is 9.53 Å². The summed E-state index contributed by atoms with van der Waals surface area (Å²) in [5.74, 6) is -2.16. The van der Waals surface area contributed by atoms with Crippen LogP contribution in [0.5, 0.6) is 0 Å². The lowest BCUT2D eigenvalue weighted by atomic mass is 10.1. The number of nitrogens with one attached hydrogen (secondary N) is 1. The van der Waals surface area contributed by atoms with E-state index in [0.29, 0.717) is 16.9 Å². The molecule has 0 unspecified atom stereocenters. The molecule has 0 spiro atoms. The summed E-state index contributed by atoms with van der Waals surface area (Å²) in [4.78, 5) is 38.6. The van der Waals surface area contributed by atoms with Gasteiger partial charge in [-0.2, -0.15) is 5.26 Å². The van der Waals surface area contributed by atoms with Crippen molar-refractivity contribution in [3.8, 4) is 6.07 Å². The van der Waals surface area contributed by atoms with Gasteiger partial charge in [0.15, 0.2) is 12.4 Å². The van der Waals surface area contributed by atoms with Gasteiger partial charge in [-0.3, -0.25) is 9.59 Å². The van der Waals surface area contributed by atoms with Crippen LogP contribution in [-0.4, -0.2) is 30.9 Å². The van der Waals surface area contributed by atoms with Gasteiger partial charge in [0.05, 0.1) is 24.3 Å². The van der Waals surface area contributed by atoms with Gasteiger partial charge in [-0.15, -0.1) is 0 Å². The summed E-state index contributed by atoms with van der Waals surface area (Å²) in [5.41, 5.74) is 1.61. The summed E-state index contributed by atoms with van der Waals surface area (Å²) >= 11 is 0. The first-order valence-electron chi connectivity index (χ1n) is 9.94. The Morgan fingerprint density at radius 2 is 1.91 bits per heavy atom. The van der Waals surface area contributed by atoms with Crippen molar-refractivity contribution in [2.75, 3.05) is 23.4 Å². The lowest BCUT2D eigenvalue weighted by Crippen LogP contribution is -2.35. The number of nitriles is 1. The van der Waals surface area contributed by atoms with E-state index in [-0.39, 0.29) is 24.3 Å². The molecule has 9 heteroatoms. The summed E-state index contributed by atoms with van der Waals surface area (Å²) in [6.07, 6.45) is 1.42. The first-order chi connectivity index (χ1) is 15.9. The second kappa shape index (κ2) is 10.7. The number of furan rings is 1. The Balaban J connectivity index is 1.67. The summed E-state index contributed by atoms with van der Waals surface area (Å²) in [7, 11) is 0. The molecule has 0 aliphatic heterocycles. The Morgan fingerprint density at radius 3 is 2.58 bits per heavy atom. The number of carbonyl (C=O) groups excluding carboxylic acids is 3. The van der Waals surface area contributed by atoms with E-state index in [1.165, 1.54) is 53.6 Å². The number of anilines is 2. The molecule has 1 heterocycles. The van der Waals surface area contributed by atoms with Gasteiger partial charge in [-0.1, -0.05) is 6.07 Å². The van der Waals surface area contributed by atoms with Crippen LogP contribution < -0.4 is 10.2 Å². The molecule has 2 aromatic carbocycles. The predicted molar refractivity (Wildman–Crippen MR) is 117 cm³/mol. The van der Waals surface area contributed by atoms with Crippen molar-refractivity contribution in [3.05, 3.63) is 83.6 Å². The van der Waals surface area contributed by atoms with Gasteiger partial charge in [-0.25, -0.2) is 9.18 Å². The first-order valence-corrected chi connectivity index (χ1v) is 9.94. The lowest BCUT2D eigenvalue weighted by Gasteiger charge is -2.21. The third-order valence-electron chi connectivity index (χ3n) is 4.68. The Hall–Kier alpha value is -4.45. The number of carbonyl (C=O) groups is 3. The van der Waals surface area contributed by atoms with E-state index in [2.05, 4.69) is 5.32 Å². The SMILES string of the molecule is Cc1ccc(C(=O)OCC(=O)N(CCC#N)c2ccc(F)cc2)cc1NC(=O)c1ccco1. The highest BCUT2D eigenvalue weighted by Crippen LogP contribution is 2.20. The molecule has 8 nitrogen and oxygen atoms in total. The largest absolute Gasteiger partial charge is 0.459 e. The number of benzene rings is 2. The maximum atomic E-state index is 13.2. The molecule has 3 aromatic rings. The van der Waals surface area contributed by atoms with Gasteiger partial charge in [0.25, 0.3) is 11.8 Å². The molecule has 0 saturated carbocycles. The minimum atomic E-state index is -0.767. The van der Waals surface area contributed by atoms with Crippen molar-refractivity contribution in [1.29, 1.82) is 5.26 Å². The normalized spacial score (nSPS) is 10.2. The molecular weight excluding hydrogens is 429 g/mol. The standard InChI is InChI=1S/C24H20FN3O5/c1-16-5-6-17(14-20(16)27-23(30)21-4-2-13-32-21)24(31)33-15-22(29)28(12-3-11-26)19-9-7-18(25)8-10-19/h2,4-10,13-14H,3,12,15H2,1H3,(H,27,30). The summed E-state index contributed by atoms with van der Waals surface area (Å²) < 4.78 is 23.4. The van der Waals surface area contributed by atoms with Gasteiger partial charge in [-0.05, 0) is 61.0 Å². The zero-order valence-corrected chi connectivity index (χ0v) is 17.7. The van der Waals surface area contributed by atoms with Crippen LogP contribution in [0.25, 0.3) is 0 Å². The molecular formula is C24H20FN3O5. The Bertz CT molecular complexity index is 1180. The lowest BCUT2D eigenvalue weighted by molar-refractivity contribution is -0.121. The molecule has 1 aromatic heterocycles. The van der Waals surface area contributed by atoms with Crippen molar-refractivity contribution in [2.45, 2.75) is 13.3 Å². The highest BCUT2D eigenvalue weighted by Gasteiger charge is 2.19. The van der Waals surface area contributed by atoms with Gasteiger partial charge in [0, 0.05) is 17.9 Å². The maximum absolute atomic E-state index is 13.2. The van der Waals surface area contributed by atoms with Gasteiger partial charge in [0.2, 0.25) is 0 Å². The highest BCUT2D eigenvalue weighted by atomic mass is 19.1. The number of nitrogens with zero attached hydrogens (tertiary/aromatic N) is 2. The minimum absolute atomic E-state index is 0.0494. The third kappa shape index (κ3) is 6.04. The summed E-state index contributed by atoms with van der Waals surface area (Å²) in [6.45, 7) is 1.24. The fourth-order valence-corrected chi connectivity index (χ4v) is 2.94. The van der Waals surface area contributed by atoms with E-state index in [1.807, 2.05) is 6.07 Å². The number of halogens is 1. The zero-order valence-electron chi connectivity index (χ0n) is 17.7. The molecule has 0 bridgehead atoms. The van der Waals surface area contributed by atoms with Crippen molar-refractivity contribution in [1.82, 2.24) is 0 Å².